The second-order valence-corrected chi connectivity index (χ2v) is 18.4. The SMILES string of the molecule is CC(=O)Sc1c(F)c(F)c(C2=C3C=CC(=N3)C(c3c(C)cc(C)cc3C)=C3C=CC(=N3)C(c3c(C)cc(C)cc3C)=C3C=CC(=N3)C(c3c(C)cc(C)cc3C)=C3C=CC2=N3)c(F)c1F. The minimum Gasteiger partial charge on any atom is -0.287 e. The molecule has 0 atom stereocenters. The number of fused-ring (bicyclic) bond motifs is 4. The third-order valence-electron chi connectivity index (χ3n) is 12.1. The molecule has 5 aliphatic heterocycles. The van der Waals surface area contributed by atoms with E-state index in [1.165, 1.54) is 0 Å². The molecule has 9 rings (SSSR count). The number of thioether (sulfide) groups is 1. The zero-order valence-electron chi connectivity index (χ0n) is 37.7. The Morgan fingerprint density at radius 2 is 0.631 bits per heavy atom. The largest absolute Gasteiger partial charge is 0.287 e. The van der Waals surface area contributed by atoms with E-state index in [1.807, 2.05) is 65.8 Å². The van der Waals surface area contributed by atoms with Crippen molar-refractivity contribution in [2.45, 2.75) is 74.1 Å². The third-order valence-corrected chi connectivity index (χ3v) is 13.0. The van der Waals surface area contributed by atoms with Crippen LogP contribution in [0.3, 0.4) is 0 Å². The Balaban J connectivity index is 1.45. The second-order valence-electron chi connectivity index (χ2n) is 17.2. The van der Waals surface area contributed by atoms with Crippen molar-refractivity contribution >= 4 is 62.0 Å². The van der Waals surface area contributed by atoms with Crippen LogP contribution in [0.5, 0.6) is 0 Å². The molecule has 0 saturated carbocycles. The van der Waals surface area contributed by atoms with E-state index < -0.39 is 38.8 Å². The molecule has 0 radical (unpaired) electrons. The minimum absolute atomic E-state index is 0.0168. The average molecular weight is 885 g/mol. The van der Waals surface area contributed by atoms with Gasteiger partial charge in [-0.3, -0.25) is 4.79 Å². The Kier molecular flexibility index (Phi) is 10.9. The van der Waals surface area contributed by atoms with Crippen LogP contribution in [0.2, 0.25) is 0 Å². The molecular formula is C55H44F4N4OS. The summed E-state index contributed by atoms with van der Waals surface area (Å²) in [6.45, 7) is 19.4. The van der Waals surface area contributed by atoms with Crippen molar-refractivity contribution in [1.29, 1.82) is 0 Å². The van der Waals surface area contributed by atoms with Crippen LogP contribution >= 0.6 is 11.8 Å². The molecule has 8 bridgehead atoms. The molecule has 10 heteroatoms. The lowest BCUT2D eigenvalue weighted by Crippen LogP contribution is -2.11. The zero-order valence-corrected chi connectivity index (χ0v) is 38.5. The standard InChI is InChI=1S/C55H44F4N4OS/c1-25-19-28(4)43(29(5)20-25)46-35-11-13-37(60-35)47(44-30(6)21-26(2)22-31(44)7)39-15-17-41(62-39)49(50-51(56)53(58)55(65-34(10)64)54(59)52(50)57)42-18-16-40(63-42)48(38-14-12-36(46)61-38)45-32(8)23-27(3)24-33(45)9/h11-24H,1-10H3. The fourth-order valence-electron chi connectivity index (χ4n) is 9.90. The maximum atomic E-state index is 16.7. The maximum absolute atomic E-state index is 16.7. The van der Waals surface area contributed by atoms with Gasteiger partial charge in [0, 0.05) is 29.2 Å². The smallest absolute Gasteiger partial charge is 0.190 e. The van der Waals surface area contributed by atoms with Gasteiger partial charge in [0.15, 0.2) is 28.4 Å². The molecule has 0 N–H and O–H groups in total. The number of allylic oxidation sites excluding steroid dienone is 12. The molecule has 5 heterocycles. The van der Waals surface area contributed by atoms with Gasteiger partial charge in [0.1, 0.15) is 0 Å². The highest BCUT2D eigenvalue weighted by Gasteiger charge is 2.35. The lowest BCUT2D eigenvalue weighted by molar-refractivity contribution is -0.109. The number of aryl methyl sites for hydroxylation is 9. The molecule has 324 valence electrons. The van der Waals surface area contributed by atoms with Crippen LogP contribution in [0.15, 0.2) is 133 Å². The van der Waals surface area contributed by atoms with Crippen LogP contribution < -0.4 is 0 Å². The van der Waals surface area contributed by atoms with Gasteiger partial charge in [0.05, 0.1) is 56.1 Å². The van der Waals surface area contributed by atoms with E-state index in [1.54, 1.807) is 24.3 Å². The van der Waals surface area contributed by atoms with E-state index >= 15 is 17.6 Å². The lowest BCUT2D eigenvalue weighted by atomic mass is 9.89. The van der Waals surface area contributed by atoms with Crippen molar-refractivity contribution in [1.82, 2.24) is 0 Å². The molecule has 0 saturated heterocycles. The van der Waals surface area contributed by atoms with E-state index in [0.717, 1.165) is 79.3 Å². The van der Waals surface area contributed by atoms with Crippen molar-refractivity contribution < 1.29 is 22.4 Å². The van der Waals surface area contributed by atoms with Gasteiger partial charge in [-0.05, 0) is 173 Å². The summed E-state index contributed by atoms with van der Waals surface area (Å²) in [7, 11) is 0. The van der Waals surface area contributed by atoms with E-state index in [0.29, 0.717) is 45.4 Å². The van der Waals surface area contributed by atoms with Gasteiger partial charge >= 0.3 is 0 Å². The van der Waals surface area contributed by atoms with Crippen molar-refractivity contribution in [2.24, 2.45) is 20.0 Å². The number of halogens is 4. The Labute approximate surface area is 380 Å². The van der Waals surface area contributed by atoms with Crippen molar-refractivity contribution in [3.05, 3.63) is 203 Å². The first-order chi connectivity index (χ1) is 30.9. The Bertz CT molecular complexity index is 3170. The average Bonchev–Trinajstić information content (AvgIpc) is 4.07. The van der Waals surface area contributed by atoms with Gasteiger partial charge in [-0.25, -0.2) is 37.5 Å². The molecule has 0 amide bonds. The third kappa shape index (κ3) is 7.43. The molecule has 0 aliphatic carbocycles. The fourth-order valence-corrected chi connectivity index (χ4v) is 10.5. The molecule has 65 heavy (non-hydrogen) atoms. The molecule has 0 aromatic heterocycles. The van der Waals surface area contributed by atoms with Crippen LogP contribution in [-0.2, 0) is 4.79 Å². The molecule has 5 nitrogen and oxygen atoms in total. The summed E-state index contributed by atoms with van der Waals surface area (Å²) < 4.78 is 65.3. The number of rotatable bonds is 5. The Morgan fingerprint density at radius 3 is 0.877 bits per heavy atom. The number of carbonyl (C=O) groups excluding carboxylic acids is 1. The first-order valence-electron chi connectivity index (χ1n) is 21.3. The molecule has 5 aliphatic rings. The highest BCUT2D eigenvalue weighted by Crippen LogP contribution is 2.43. The predicted molar refractivity (Wildman–Crippen MR) is 259 cm³/mol. The second kappa shape index (κ2) is 16.3. The van der Waals surface area contributed by atoms with E-state index in [-0.39, 0.29) is 28.7 Å². The van der Waals surface area contributed by atoms with Gasteiger partial charge < -0.3 is 0 Å². The van der Waals surface area contributed by atoms with Crippen LogP contribution in [0.25, 0.3) is 22.3 Å². The normalized spacial score (nSPS) is 16.5. The van der Waals surface area contributed by atoms with Crippen molar-refractivity contribution in [3.8, 4) is 0 Å². The maximum Gasteiger partial charge on any atom is 0.190 e. The number of hydrogen-bond donors (Lipinski definition) is 0. The summed E-state index contributed by atoms with van der Waals surface area (Å²) in [5.41, 5.74) is 16.2. The first-order valence-corrected chi connectivity index (χ1v) is 22.1. The molecule has 0 spiro atoms. The number of carbonyl (C=O) groups is 1. The van der Waals surface area contributed by atoms with Gasteiger partial charge in [-0.15, -0.1) is 0 Å². The summed E-state index contributed by atoms with van der Waals surface area (Å²) in [5.74, 6) is -6.74. The zero-order chi connectivity index (χ0) is 46.3. The number of nitrogens with zero attached hydrogens (tertiary/aromatic N) is 4. The molecule has 4 aromatic rings. The van der Waals surface area contributed by atoms with Crippen LogP contribution in [-0.4, -0.2) is 28.0 Å². The van der Waals surface area contributed by atoms with Gasteiger partial charge in [-0.1, -0.05) is 53.1 Å². The van der Waals surface area contributed by atoms with Gasteiger partial charge in [0.25, 0.3) is 0 Å². The molecule has 4 aromatic carbocycles. The Hall–Kier alpha value is -6.78. The van der Waals surface area contributed by atoms with Gasteiger partial charge in [0.2, 0.25) is 0 Å². The van der Waals surface area contributed by atoms with E-state index in [9.17, 15) is 4.79 Å². The Morgan fingerprint density at radius 1 is 0.385 bits per heavy atom. The summed E-state index contributed by atoms with van der Waals surface area (Å²) in [6.07, 6.45) is 14.5. The number of benzene rings is 4. The van der Waals surface area contributed by atoms with Gasteiger partial charge in [-0.2, -0.15) is 0 Å². The molecule has 0 fully saturated rings. The number of hydrogen-bond acceptors (Lipinski definition) is 6. The van der Waals surface area contributed by atoms with Crippen LogP contribution in [0, 0.1) is 85.6 Å². The monoisotopic (exact) mass is 884 g/mol. The molecular weight excluding hydrogens is 841 g/mol. The van der Waals surface area contributed by atoms with Crippen molar-refractivity contribution in [3.63, 3.8) is 0 Å². The summed E-state index contributed by atoms with van der Waals surface area (Å²) in [5, 5.41) is -0.742. The topological polar surface area (TPSA) is 66.5 Å². The highest BCUT2D eigenvalue weighted by atomic mass is 32.2. The van der Waals surface area contributed by atoms with Crippen LogP contribution in [0.4, 0.5) is 17.6 Å². The fraction of sp³-hybridized carbons (Fsp3) is 0.182. The summed E-state index contributed by atoms with van der Waals surface area (Å²) >= 11 is 0.0821. The lowest BCUT2D eigenvalue weighted by Gasteiger charge is -2.18. The molecule has 0 unspecified atom stereocenters. The highest BCUT2D eigenvalue weighted by molar-refractivity contribution is 8.13. The predicted octanol–water partition coefficient (Wildman–Crippen LogP) is 13.7. The van der Waals surface area contributed by atoms with Crippen LogP contribution in [0.1, 0.15) is 79.2 Å². The quantitative estimate of drug-likeness (QED) is 0.114. The van der Waals surface area contributed by atoms with E-state index in [2.05, 4.69) is 57.2 Å². The number of aliphatic imine (C=N–C) groups is 4. The minimum atomic E-state index is -1.69. The summed E-state index contributed by atoms with van der Waals surface area (Å²) in [4.78, 5) is 31.8. The first kappa shape index (κ1) is 43.5. The van der Waals surface area contributed by atoms with E-state index in [4.69, 9.17) is 20.0 Å². The summed E-state index contributed by atoms with van der Waals surface area (Å²) in [6, 6.07) is 12.6. The van der Waals surface area contributed by atoms with Crippen molar-refractivity contribution in [2.75, 3.05) is 0 Å².